The van der Waals surface area contributed by atoms with Crippen LogP contribution in [0.25, 0.3) is 0 Å². The second-order valence-corrected chi connectivity index (χ2v) is 6.38. The molecule has 0 N–H and O–H groups in total. The van der Waals surface area contributed by atoms with Gasteiger partial charge in [0.25, 0.3) is 5.91 Å². The quantitative estimate of drug-likeness (QED) is 0.773. The molecule has 4 nitrogen and oxygen atoms in total. The second-order valence-electron chi connectivity index (χ2n) is 5.46. The Morgan fingerprint density at radius 3 is 2.70 bits per heavy atom. The van der Waals surface area contributed by atoms with Crippen molar-refractivity contribution in [3.8, 4) is 0 Å². The molecule has 0 unspecified atom stereocenters. The number of carbonyl (C=O) groups excluding carboxylic acids is 2. The van der Waals surface area contributed by atoms with Crippen molar-refractivity contribution < 1.29 is 14.3 Å². The summed E-state index contributed by atoms with van der Waals surface area (Å²) in [6.45, 7) is 0.417. The van der Waals surface area contributed by atoms with Crippen molar-refractivity contribution >= 4 is 27.8 Å². The first kappa shape index (κ1) is 15.7. The highest BCUT2D eigenvalue weighted by molar-refractivity contribution is 9.10. The molecule has 0 saturated heterocycles. The van der Waals surface area contributed by atoms with E-state index in [1.807, 2.05) is 42.5 Å². The Balaban J connectivity index is 1.89. The average molecular weight is 374 g/mol. The van der Waals surface area contributed by atoms with Crippen molar-refractivity contribution in [2.45, 2.75) is 19.0 Å². The van der Waals surface area contributed by atoms with Crippen molar-refractivity contribution in [1.82, 2.24) is 4.90 Å². The molecule has 1 heterocycles. The van der Waals surface area contributed by atoms with E-state index in [4.69, 9.17) is 4.74 Å². The smallest absolute Gasteiger partial charge is 0.328 e. The summed E-state index contributed by atoms with van der Waals surface area (Å²) in [6.07, 6.45) is 0.439. The lowest BCUT2D eigenvalue weighted by atomic mass is 10.0. The normalized spacial score (nSPS) is 14.5. The van der Waals surface area contributed by atoms with E-state index in [9.17, 15) is 9.59 Å². The average Bonchev–Trinajstić information content (AvgIpc) is 2.88. The molecule has 0 spiro atoms. The first-order chi connectivity index (χ1) is 11.1. The molecule has 0 saturated carbocycles. The number of rotatable bonds is 4. The predicted molar refractivity (Wildman–Crippen MR) is 90.0 cm³/mol. The molecule has 0 aliphatic carbocycles. The number of hydrogen-bond donors (Lipinski definition) is 0. The van der Waals surface area contributed by atoms with Gasteiger partial charge in [0, 0.05) is 23.0 Å². The van der Waals surface area contributed by atoms with Crippen LogP contribution in [0.1, 0.15) is 21.5 Å². The van der Waals surface area contributed by atoms with E-state index < -0.39 is 12.0 Å². The summed E-state index contributed by atoms with van der Waals surface area (Å²) in [7, 11) is 1.35. The Hall–Kier alpha value is -2.14. The molecule has 0 bridgehead atoms. The van der Waals surface area contributed by atoms with Crippen LogP contribution in [-0.4, -0.2) is 29.9 Å². The van der Waals surface area contributed by atoms with Crippen molar-refractivity contribution in [3.63, 3.8) is 0 Å². The number of fused-ring (bicyclic) bond motifs is 1. The van der Waals surface area contributed by atoms with Gasteiger partial charge in [-0.1, -0.05) is 46.3 Å². The standard InChI is InChI=1S/C18H16BrNO3/c1-23-18(22)16(9-12-5-3-2-4-6-12)20-11-13-10-14(19)7-8-15(13)17(20)21/h2-8,10,16H,9,11H2,1H3/t16-/m0/s1. The van der Waals surface area contributed by atoms with Gasteiger partial charge in [0.05, 0.1) is 7.11 Å². The third kappa shape index (κ3) is 3.15. The van der Waals surface area contributed by atoms with E-state index in [1.54, 1.807) is 11.0 Å². The van der Waals surface area contributed by atoms with Gasteiger partial charge in [-0.2, -0.15) is 0 Å². The summed E-state index contributed by atoms with van der Waals surface area (Å²) in [5, 5.41) is 0. The number of nitrogens with zero attached hydrogens (tertiary/aromatic N) is 1. The molecule has 2 aromatic carbocycles. The first-order valence-electron chi connectivity index (χ1n) is 7.31. The summed E-state index contributed by atoms with van der Waals surface area (Å²) in [5.74, 6) is -0.520. The Morgan fingerprint density at radius 2 is 2.00 bits per heavy atom. The van der Waals surface area contributed by atoms with Gasteiger partial charge in [-0.15, -0.1) is 0 Å². The Labute approximate surface area is 143 Å². The van der Waals surface area contributed by atoms with Crippen molar-refractivity contribution in [3.05, 3.63) is 69.7 Å². The number of hydrogen-bond acceptors (Lipinski definition) is 3. The van der Waals surface area contributed by atoms with E-state index in [-0.39, 0.29) is 5.91 Å². The fourth-order valence-corrected chi connectivity index (χ4v) is 3.27. The third-order valence-electron chi connectivity index (χ3n) is 4.02. The number of halogens is 1. The van der Waals surface area contributed by atoms with Crippen LogP contribution < -0.4 is 0 Å². The number of carbonyl (C=O) groups is 2. The van der Waals surface area contributed by atoms with Gasteiger partial charge in [-0.25, -0.2) is 4.79 Å². The van der Waals surface area contributed by atoms with E-state index in [1.165, 1.54) is 7.11 Å². The number of benzene rings is 2. The van der Waals surface area contributed by atoms with Crippen molar-refractivity contribution in [2.75, 3.05) is 7.11 Å². The van der Waals surface area contributed by atoms with Crippen LogP contribution in [0.3, 0.4) is 0 Å². The van der Waals surface area contributed by atoms with E-state index in [2.05, 4.69) is 15.9 Å². The molecule has 1 aliphatic heterocycles. The lowest BCUT2D eigenvalue weighted by Crippen LogP contribution is -2.43. The molecular formula is C18H16BrNO3. The summed E-state index contributed by atoms with van der Waals surface area (Å²) in [6, 6.07) is 14.6. The molecule has 23 heavy (non-hydrogen) atoms. The lowest BCUT2D eigenvalue weighted by Gasteiger charge is -2.25. The summed E-state index contributed by atoms with van der Waals surface area (Å²) < 4.78 is 5.85. The molecule has 1 atom stereocenters. The van der Waals surface area contributed by atoms with Crippen LogP contribution in [0.2, 0.25) is 0 Å². The maximum absolute atomic E-state index is 12.7. The Kier molecular flexibility index (Phi) is 4.48. The SMILES string of the molecule is COC(=O)[C@H](Cc1ccccc1)N1Cc2cc(Br)ccc2C1=O. The number of methoxy groups -OCH3 is 1. The van der Waals surface area contributed by atoms with Crippen LogP contribution >= 0.6 is 15.9 Å². The molecule has 0 aromatic heterocycles. The van der Waals surface area contributed by atoms with Gasteiger partial charge < -0.3 is 9.64 Å². The highest BCUT2D eigenvalue weighted by Gasteiger charge is 2.37. The molecule has 1 amide bonds. The van der Waals surface area contributed by atoms with Gasteiger partial charge in [0.1, 0.15) is 6.04 Å². The molecule has 118 valence electrons. The monoisotopic (exact) mass is 373 g/mol. The van der Waals surface area contributed by atoms with Gasteiger partial charge in [-0.05, 0) is 29.3 Å². The fraction of sp³-hybridized carbons (Fsp3) is 0.222. The van der Waals surface area contributed by atoms with Crippen molar-refractivity contribution in [2.24, 2.45) is 0 Å². The number of esters is 1. The van der Waals surface area contributed by atoms with Crippen LogP contribution in [0.4, 0.5) is 0 Å². The Morgan fingerprint density at radius 1 is 1.26 bits per heavy atom. The van der Waals surface area contributed by atoms with Crippen LogP contribution in [0.5, 0.6) is 0 Å². The molecule has 1 aliphatic rings. The minimum Gasteiger partial charge on any atom is -0.467 e. The topological polar surface area (TPSA) is 46.6 Å². The van der Waals surface area contributed by atoms with Gasteiger partial charge in [0.15, 0.2) is 0 Å². The first-order valence-corrected chi connectivity index (χ1v) is 8.10. The highest BCUT2D eigenvalue weighted by atomic mass is 79.9. The largest absolute Gasteiger partial charge is 0.467 e. The number of ether oxygens (including phenoxy) is 1. The summed E-state index contributed by atoms with van der Waals surface area (Å²) in [5.41, 5.74) is 2.56. The molecule has 0 radical (unpaired) electrons. The van der Waals surface area contributed by atoms with Gasteiger partial charge >= 0.3 is 5.97 Å². The zero-order valence-corrected chi connectivity index (χ0v) is 14.2. The van der Waals surface area contributed by atoms with Gasteiger partial charge in [-0.3, -0.25) is 4.79 Å². The minimum absolute atomic E-state index is 0.126. The molecule has 0 fully saturated rings. The van der Waals surface area contributed by atoms with E-state index >= 15 is 0 Å². The number of amides is 1. The van der Waals surface area contributed by atoms with E-state index in [0.717, 1.165) is 15.6 Å². The zero-order valence-electron chi connectivity index (χ0n) is 12.7. The van der Waals surface area contributed by atoms with Gasteiger partial charge in [0.2, 0.25) is 0 Å². The molecule has 5 heteroatoms. The predicted octanol–water partition coefficient (Wildman–Crippen LogP) is 3.19. The van der Waals surface area contributed by atoms with Crippen LogP contribution in [0.15, 0.2) is 53.0 Å². The zero-order chi connectivity index (χ0) is 16.4. The van der Waals surface area contributed by atoms with Crippen LogP contribution in [0, 0.1) is 0 Å². The summed E-state index contributed by atoms with van der Waals surface area (Å²) in [4.78, 5) is 26.5. The third-order valence-corrected chi connectivity index (χ3v) is 4.51. The maximum Gasteiger partial charge on any atom is 0.328 e. The lowest BCUT2D eigenvalue weighted by molar-refractivity contribution is -0.146. The molecule has 3 rings (SSSR count). The summed E-state index contributed by atoms with van der Waals surface area (Å²) >= 11 is 3.42. The van der Waals surface area contributed by atoms with Crippen LogP contribution in [-0.2, 0) is 22.5 Å². The van der Waals surface area contributed by atoms with Crippen molar-refractivity contribution in [1.29, 1.82) is 0 Å². The maximum atomic E-state index is 12.7. The molecule has 2 aromatic rings. The highest BCUT2D eigenvalue weighted by Crippen LogP contribution is 2.28. The second kappa shape index (κ2) is 6.54. The van der Waals surface area contributed by atoms with E-state index in [0.29, 0.717) is 18.5 Å². The minimum atomic E-state index is -0.624. The molecular weight excluding hydrogens is 358 g/mol. The Bertz CT molecular complexity index is 745. The fourth-order valence-electron chi connectivity index (χ4n) is 2.86.